The standard InChI is InChI=1S/C22H18N2O3/c1-15-10-11-20(16(2)13-15)27-22-23-19(14-18-9-6-12-26-18)21(25)24(22)17-7-4-3-5-8-17/h3-14H,1-2H3/b19-14-. The molecule has 5 nitrogen and oxygen atoms in total. The molecule has 0 saturated heterocycles. The molecule has 5 heteroatoms. The molecule has 1 aliphatic rings. The van der Waals surface area contributed by atoms with Crippen molar-refractivity contribution in [3.05, 3.63) is 89.5 Å². The molecule has 1 amide bonds. The number of aliphatic imine (C=N–C) groups is 1. The Labute approximate surface area is 157 Å². The van der Waals surface area contributed by atoms with Crippen LogP contribution in [0, 0.1) is 13.8 Å². The number of anilines is 1. The van der Waals surface area contributed by atoms with Gasteiger partial charge in [0.2, 0.25) is 0 Å². The first-order chi connectivity index (χ1) is 13.1. The lowest BCUT2D eigenvalue weighted by Gasteiger charge is -2.18. The van der Waals surface area contributed by atoms with Crippen LogP contribution in [-0.2, 0) is 4.79 Å². The summed E-state index contributed by atoms with van der Waals surface area (Å²) in [6, 6.07) is 18.9. The first-order valence-electron chi connectivity index (χ1n) is 8.60. The van der Waals surface area contributed by atoms with Gasteiger partial charge in [-0.25, -0.2) is 4.90 Å². The molecule has 1 aliphatic heterocycles. The fraction of sp³-hybridized carbons (Fsp3) is 0.0909. The maximum Gasteiger partial charge on any atom is 0.310 e. The number of para-hydroxylation sites is 1. The third-order valence-corrected chi connectivity index (χ3v) is 4.20. The summed E-state index contributed by atoms with van der Waals surface area (Å²) >= 11 is 0. The SMILES string of the molecule is Cc1ccc(OC2=N/C(=C\c3ccco3)C(=O)N2c2ccccc2)c(C)c1. The van der Waals surface area contributed by atoms with E-state index in [-0.39, 0.29) is 17.6 Å². The van der Waals surface area contributed by atoms with Crippen LogP contribution in [-0.4, -0.2) is 11.9 Å². The summed E-state index contributed by atoms with van der Waals surface area (Å²) in [6.07, 6.45) is 3.16. The van der Waals surface area contributed by atoms with E-state index in [1.807, 2.05) is 62.4 Å². The van der Waals surface area contributed by atoms with E-state index in [2.05, 4.69) is 4.99 Å². The van der Waals surface area contributed by atoms with E-state index >= 15 is 0 Å². The molecule has 134 valence electrons. The second kappa shape index (κ2) is 6.96. The maximum atomic E-state index is 13.0. The van der Waals surface area contributed by atoms with Crippen molar-refractivity contribution < 1.29 is 13.9 Å². The van der Waals surface area contributed by atoms with Crippen LogP contribution >= 0.6 is 0 Å². The molecule has 0 aliphatic carbocycles. The molecule has 0 radical (unpaired) electrons. The fourth-order valence-corrected chi connectivity index (χ4v) is 2.89. The summed E-state index contributed by atoms with van der Waals surface area (Å²) in [7, 11) is 0. The van der Waals surface area contributed by atoms with Gasteiger partial charge in [-0.1, -0.05) is 35.9 Å². The molecule has 2 aromatic carbocycles. The molecule has 3 aromatic rings. The number of ether oxygens (including phenoxy) is 1. The second-order valence-electron chi connectivity index (χ2n) is 6.29. The van der Waals surface area contributed by atoms with Gasteiger partial charge in [0.15, 0.2) is 0 Å². The number of amides is 1. The number of rotatable bonds is 3. The van der Waals surface area contributed by atoms with Crippen LogP contribution in [0.1, 0.15) is 16.9 Å². The minimum absolute atomic E-state index is 0.218. The predicted molar refractivity (Wildman–Crippen MR) is 105 cm³/mol. The molecule has 27 heavy (non-hydrogen) atoms. The Morgan fingerprint density at radius 3 is 2.56 bits per heavy atom. The number of hydrogen-bond donors (Lipinski definition) is 0. The molecule has 0 saturated carbocycles. The van der Waals surface area contributed by atoms with Crippen LogP contribution in [0.25, 0.3) is 6.08 Å². The molecular weight excluding hydrogens is 340 g/mol. The highest BCUT2D eigenvalue weighted by molar-refractivity contribution is 6.26. The van der Waals surface area contributed by atoms with E-state index < -0.39 is 0 Å². The average Bonchev–Trinajstić information content (AvgIpc) is 3.27. The number of carbonyl (C=O) groups is 1. The fourth-order valence-electron chi connectivity index (χ4n) is 2.89. The smallest absolute Gasteiger partial charge is 0.310 e. The Balaban J connectivity index is 1.75. The zero-order valence-electron chi connectivity index (χ0n) is 15.0. The van der Waals surface area contributed by atoms with Crippen molar-refractivity contribution in [2.75, 3.05) is 4.90 Å². The minimum Gasteiger partial charge on any atom is -0.465 e. The van der Waals surface area contributed by atoms with E-state index in [4.69, 9.17) is 9.15 Å². The van der Waals surface area contributed by atoms with Gasteiger partial charge < -0.3 is 9.15 Å². The van der Waals surface area contributed by atoms with Gasteiger partial charge in [-0.05, 0) is 49.7 Å². The van der Waals surface area contributed by atoms with Crippen LogP contribution in [0.5, 0.6) is 5.75 Å². The van der Waals surface area contributed by atoms with Gasteiger partial charge in [0.05, 0.1) is 12.0 Å². The number of nitrogens with zero attached hydrogens (tertiary/aromatic N) is 2. The molecule has 0 spiro atoms. The molecule has 0 fully saturated rings. The first-order valence-corrected chi connectivity index (χ1v) is 8.60. The Morgan fingerprint density at radius 2 is 1.85 bits per heavy atom. The van der Waals surface area contributed by atoms with Crippen molar-refractivity contribution in [2.24, 2.45) is 4.99 Å². The number of carbonyl (C=O) groups excluding carboxylic acids is 1. The molecular formula is C22H18N2O3. The van der Waals surface area contributed by atoms with Gasteiger partial charge in [-0.15, -0.1) is 0 Å². The minimum atomic E-state index is -0.266. The van der Waals surface area contributed by atoms with E-state index in [9.17, 15) is 4.79 Å². The number of benzene rings is 2. The van der Waals surface area contributed by atoms with Crippen LogP contribution < -0.4 is 9.64 Å². The third-order valence-electron chi connectivity index (χ3n) is 4.20. The molecule has 0 atom stereocenters. The summed E-state index contributed by atoms with van der Waals surface area (Å²) in [5, 5.41) is 0. The third kappa shape index (κ3) is 3.40. The van der Waals surface area contributed by atoms with E-state index in [1.54, 1.807) is 24.5 Å². The van der Waals surface area contributed by atoms with Crippen LogP contribution in [0.4, 0.5) is 5.69 Å². The molecule has 1 aromatic heterocycles. The van der Waals surface area contributed by atoms with Crippen molar-refractivity contribution in [3.8, 4) is 5.75 Å². The van der Waals surface area contributed by atoms with Gasteiger partial charge in [0.1, 0.15) is 17.2 Å². The van der Waals surface area contributed by atoms with Gasteiger partial charge in [-0.3, -0.25) is 4.79 Å². The Hall–Kier alpha value is -3.60. The molecule has 0 bridgehead atoms. The quantitative estimate of drug-likeness (QED) is 0.637. The summed E-state index contributed by atoms with van der Waals surface area (Å²) in [5.74, 6) is 0.951. The number of furan rings is 1. The Kier molecular flexibility index (Phi) is 4.34. The van der Waals surface area contributed by atoms with Crippen molar-refractivity contribution >= 4 is 23.7 Å². The van der Waals surface area contributed by atoms with Crippen LogP contribution in [0.15, 0.2) is 82.0 Å². The van der Waals surface area contributed by atoms with Gasteiger partial charge in [-0.2, -0.15) is 4.99 Å². The van der Waals surface area contributed by atoms with E-state index in [0.717, 1.165) is 11.1 Å². The summed E-state index contributed by atoms with van der Waals surface area (Å²) in [5.41, 5.74) is 3.06. The summed E-state index contributed by atoms with van der Waals surface area (Å²) < 4.78 is 11.3. The highest BCUT2D eigenvalue weighted by Gasteiger charge is 2.34. The van der Waals surface area contributed by atoms with E-state index in [0.29, 0.717) is 17.2 Å². The predicted octanol–water partition coefficient (Wildman–Crippen LogP) is 4.72. The number of amidine groups is 1. The zero-order chi connectivity index (χ0) is 18.8. The monoisotopic (exact) mass is 358 g/mol. The second-order valence-corrected chi connectivity index (χ2v) is 6.29. The lowest BCUT2D eigenvalue weighted by atomic mass is 10.1. The largest absolute Gasteiger partial charge is 0.465 e. The van der Waals surface area contributed by atoms with E-state index in [1.165, 1.54) is 4.90 Å². The van der Waals surface area contributed by atoms with Crippen molar-refractivity contribution in [1.29, 1.82) is 0 Å². The summed E-state index contributed by atoms with van der Waals surface area (Å²) in [4.78, 5) is 18.9. The number of aryl methyl sites for hydroxylation is 2. The number of hydrogen-bond acceptors (Lipinski definition) is 4. The average molecular weight is 358 g/mol. The highest BCUT2D eigenvalue weighted by Crippen LogP contribution is 2.28. The lowest BCUT2D eigenvalue weighted by molar-refractivity contribution is -0.113. The van der Waals surface area contributed by atoms with Crippen LogP contribution in [0.2, 0.25) is 0 Å². The topological polar surface area (TPSA) is 55.0 Å². The van der Waals surface area contributed by atoms with Gasteiger partial charge >= 0.3 is 6.02 Å². The summed E-state index contributed by atoms with van der Waals surface area (Å²) in [6.45, 7) is 3.99. The zero-order valence-corrected chi connectivity index (χ0v) is 15.0. The maximum absolute atomic E-state index is 13.0. The Bertz CT molecular complexity index is 1030. The van der Waals surface area contributed by atoms with Gasteiger partial charge in [0.25, 0.3) is 5.91 Å². The van der Waals surface area contributed by atoms with Crippen LogP contribution in [0.3, 0.4) is 0 Å². The van der Waals surface area contributed by atoms with Crippen molar-refractivity contribution in [1.82, 2.24) is 0 Å². The van der Waals surface area contributed by atoms with Gasteiger partial charge in [0, 0.05) is 6.08 Å². The molecule has 4 rings (SSSR count). The highest BCUT2D eigenvalue weighted by atomic mass is 16.5. The molecule has 0 unspecified atom stereocenters. The lowest BCUT2D eigenvalue weighted by Crippen LogP contribution is -2.35. The Morgan fingerprint density at radius 1 is 1.04 bits per heavy atom. The molecule has 2 heterocycles. The van der Waals surface area contributed by atoms with Crippen molar-refractivity contribution in [2.45, 2.75) is 13.8 Å². The van der Waals surface area contributed by atoms with Crippen molar-refractivity contribution in [3.63, 3.8) is 0 Å². The first kappa shape index (κ1) is 16.8. The molecule has 0 N–H and O–H groups in total. The normalized spacial score (nSPS) is 15.3.